The maximum Gasteiger partial charge on any atom is 0.231 e. The monoisotopic (exact) mass is 553 g/mol. The fourth-order valence-electron chi connectivity index (χ4n) is 4.08. The Hall–Kier alpha value is -2.20. The smallest absolute Gasteiger partial charge is 0.231 e. The molecule has 0 spiro atoms. The lowest BCUT2D eigenvalue weighted by Crippen LogP contribution is -2.48. The minimum absolute atomic E-state index is 0. The summed E-state index contributed by atoms with van der Waals surface area (Å²) in [6.45, 7) is 6.03. The van der Waals surface area contributed by atoms with Crippen molar-refractivity contribution in [1.82, 2.24) is 10.6 Å². The molecule has 0 unspecified atom stereocenters. The first kappa shape index (κ1) is 24.4. The van der Waals surface area contributed by atoms with Crippen molar-refractivity contribution in [1.29, 1.82) is 0 Å². The van der Waals surface area contributed by atoms with E-state index in [1.165, 1.54) is 5.56 Å². The number of nitrogens with zero attached hydrogens (tertiary/aromatic N) is 1. The number of guanidine groups is 1. The van der Waals surface area contributed by atoms with Crippen LogP contribution in [0, 0.1) is 0 Å². The number of halogens is 1. The van der Waals surface area contributed by atoms with Crippen LogP contribution >= 0.6 is 24.0 Å². The molecule has 4 rings (SSSR count). The average Bonchev–Trinajstić information content (AvgIpc) is 3.29. The van der Waals surface area contributed by atoms with Crippen LogP contribution in [-0.4, -0.2) is 46.2 Å². The molecule has 0 amide bonds. The predicted octanol–water partition coefficient (Wildman–Crippen LogP) is 3.85. The zero-order valence-corrected chi connectivity index (χ0v) is 21.0. The topological polar surface area (TPSA) is 73.3 Å². The van der Waals surface area contributed by atoms with E-state index in [2.05, 4.69) is 29.7 Å². The van der Waals surface area contributed by atoms with Gasteiger partial charge in [0.15, 0.2) is 17.5 Å². The van der Waals surface area contributed by atoms with Gasteiger partial charge in [0.1, 0.15) is 5.75 Å². The van der Waals surface area contributed by atoms with Crippen LogP contribution in [-0.2, 0) is 16.7 Å². The molecule has 8 heteroatoms. The molecule has 2 heterocycles. The van der Waals surface area contributed by atoms with Gasteiger partial charge in [0.05, 0.1) is 13.7 Å². The van der Waals surface area contributed by atoms with Crippen molar-refractivity contribution < 1.29 is 18.9 Å². The number of hydrogen-bond acceptors (Lipinski definition) is 5. The molecule has 1 saturated heterocycles. The number of aliphatic imine (C=N–C) groups is 1. The second kappa shape index (κ2) is 11.6. The normalized spacial score (nSPS) is 16.8. The van der Waals surface area contributed by atoms with E-state index in [0.717, 1.165) is 67.9 Å². The van der Waals surface area contributed by atoms with E-state index >= 15 is 0 Å². The third-order valence-corrected chi connectivity index (χ3v) is 5.95. The van der Waals surface area contributed by atoms with Crippen LogP contribution in [0.1, 0.15) is 30.9 Å². The highest BCUT2D eigenvalue weighted by atomic mass is 127. The van der Waals surface area contributed by atoms with Crippen molar-refractivity contribution in [3.05, 3.63) is 53.6 Å². The van der Waals surface area contributed by atoms with Crippen LogP contribution in [0.3, 0.4) is 0 Å². The fourth-order valence-corrected chi connectivity index (χ4v) is 4.08. The van der Waals surface area contributed by atoms with Gasteiger partial charge in [-0.05, 0) is 55.2 Å². The summed E-state index contributed by atoms with van der Waals surface area (Å²) >= 11 is 0. The van der Waals surface area contributed by atoms with Crippen LogP contribution in [0.5, 0.6) is 17.2 Å². The maximum atomic E-state index is 5.67. The molecular formula is C24H32IN3O4. The zero-order valence-electron chi connectivity index (χ0n) is 18.7. The molecule has 174 valence electrons. The number of fused-ring (bicyclic) bond motifs is 1. The summed E-state index contributed by atoms with van der Waals surface area (Å²) in [5.41, 5.74) is 2.38. The highest BCUT2D eigenvalue weighted by Gasteiger charge is 2.34. The Kier molecular flexibility index (Phi) is 8.86. The molecule has 32 heavy (non-hydrogen) atoms. The number of methoxy groups -OCH3 is 1. The molecule has 2 aliphatic heterocycles. The van der Waals surface area contributed by atoms with E-state index in [9.17, 15) is 0 Å². The predicted molar refractivity (Wildman–Crippen MR) is 136 cm³/mol. The highest BCUT2D eigenvalue weighted by Crippen LogP contribution is 2.35. The lowest BCUT2D eigenvalue weighted by molar-refractivity contribution is 0.0513. The van der Waals surface area contributed by atoms with Crippen LogP contribution < -0.4 is 24.8 Å². The van der Waals surface area contributed by atoms with Crippen molar-refractivity contribution in [3.8, 4) is 17.2 Å². The second-order valence-electron chi connectivity index (χ2n) is 7.86. The van der Waals surface area contributed by atoms with Crippen LogP contribution in [0.15, 0.2) is 47.5 Å². The molecule has 2 N–H and O–H groups in total. The Bertz CT molecular complexity index is 899. The molecule has 2 aromatic carbocycles. The minimum Gasteiger partial charge on any atom is -0.497 e. The van der Waals surface area contributed by atoms with Crippen molar-refractivity contribution in [2.24, 2.45) is 4.99 Å². The summed E-state index contributed by atoms with van der Waals surface area (Å²) < 4.78 is 21.9. The first-order valence-electron chi connectivity index (χ1n) is 10.9. The Morgan fingerprint density at radius 2 is 1.78 bits per heavy atom. The molecular weight excluding hydrogens is 521 g/mol. The Morgan fingerprint density at radius 3 is 2.50 bits per heavy atom. The molecule has 0 atom stereocenters. The summed E-state index contributed by atoms with van der Waals surface area (Å²) in [4.78, 5) is 4.79. The summed E-state index contributed by atoms with van der Waals surface area (Å²) in [6, 6.07) is 14.4. The summed E-state index contributed by atoms with van der Waals surface area (Å²) in [5.74, 6) is 3.25. The largest absolute Gasteiger partial charge is 0.497 e. The number of benzene rings is 2. The summed E-state index contributed by atoms with van der Waals surface area (Å²) in [6.07, 6.45) is 1.93. The minimum atomic E-state index is -0.000534. The molecule has 0 saturated carbocycles. The molecule has 0 radical (unpaired) electrons. The lowest BCUT2D eigenvalue weighted by Gasteiger charge is -2.38. The Morgan fingerprint density at radius 1 is 1.03 bits per heavy atom. The van der Waals surface area contributed by atoms with Gasteiger partial charge >= 0.3 is 0 Å². The van der Waals surface area contributed by atoms with E-state index in [-0.39, 0.29) is 36.2 Å². The van der Waals surface area contributed by atoms with E-state index < -0.39 is 0 Å². The second-order valence-corrected chi connectivity index (χ2v) is 7.86. The number of rotatable bonds is 7. The molecule has 0 bridgehead atoms. The Labute approximate surface area is 206 Å². The summed E-state index contributed by atoms with van der Waals surface area (Å²) in [7, 11) is 1.69. The van der Waals surface area contributed by atoms with Gasteiger partial charge in [-0.3, -0.25) is 0 Å². The number of ether oxygens (including phenoxy) is 4. The van der Waals surface area contributed by atoms with E-state index in [4.69, 9.17) is 23.9 Å². The van der Waals surface area contributed by atoms with Crippen molar-refractivity contribution in [2.45, 2.75) is 31.7 Å². The van der Waals surface area contributed by atoms with Gasteiger partial charge in [-0.15, -0.1) is 24.0 Å². The van der Waals surface area contributed by atoms with Crippen molar-refractivity contribution in [2.75, 3.05) is 40.2 Å². The van der Waals surface area contributed by atoms with Gasteiger partial charge in [-0.25, -0.2) is 4.99 Å². The molecule has 7 nitrogen and oxygen atoms in total. The van der Waals surface area contributed by atoms with E-state index in [1.54, 1.807) is 7.11 Å². The Balaban J connectivity index is 0.00000289. The van der Waals surface area contributed by atoms with Gasteiger partial charge < -0.3 is 29.6 Å². The van der Waals surface area contributed by atoms with Gasteiger partial charge in [0.25, 0.3) is 0 Å². The van der Waals surface area contributed by atoms with Crippen molar-refractivity contribution in [3.63, 3.8) is 0 Å². The third kappa shape index (κ3) is 5.78. The highest BCUT2D eigenvalue weighted by molar-refractivity contribution is 14.0. The molecule has 2 aliphatic rings. The number of hydrogen-bond donors (Lipinski definition) is 2. The van der Waals surface area contributed by atoms with Crippen LogP contribution in [0.2, 0.25) is 0 Å². The quantitative estimate of drug-likeness (QED) is 0.309. The van der Waals surface area contributed by atoms with Gasteiger partial charge in [-0.2, -0.15) is 0 Å². The van der Waals surface area contributed by atoms with E-state index in [0.29, 0.717) is 6.54 Å². The first-order valence-corrected chi connectivity index (χ1v) is 10.9. The van der Waals surface area contributed by atoms with E-state index in [1.807, 2.05) is 30.3 Å². The van der Waals surface area contributed by atoms with Gasteiger partial charge in [0.2, 0.25) is 6.79 Å². The molecule has 0 aliphatic carbocycles. The van der Waals surface area contributed by atoms with Crippen molar-refractivity contribution >= 4 is 29.9 Å². The lowest BCUT2D eigenvalue weighted by atomic mass is 9.74. The standard InChI is InChI=1S/C24H31N3O4.HI/c1-3-25-23(26-15-18-4-9-21-22(14-18)31-17-30-21)27-16-24(10-12-29-13-11-24)19-5-7-20(28-2)8-6-19;/h4-9,14H,3,10-13,15-17H2,1-2H3,(H2,25,26,27);1H. The summed E-state index contributed by atoms with van der Waals surface area (Å²) in [5, 5.41) is 6.94. The zero-order chi connectivity index (χ0) is 21.5. The molecule has 2 aromatic rings. The number of nitrogens with one attached hydrogen (secondary N) is 2. The average molecular weight is 553 g/mol. The van der Waals surface area contributed by atoms with Gasteiger partial charge in [0, 0.05) is 31.7 Å². The molecule has 0 aromatic heterocycles. The van der Waals surface area contributed by atoms with Gasteiger partial charge in [-0.1, -0.05) is 18.2 Å². The SMILES string of the molecule is CCNC(=NCc1ccc2c(c1)OCO2)NCC1(c2ccc(OC)cc2)CCOCC1.I. The first-order chi connectivity index (χ1) is 15.2. The van der Waals surface area contributed by atoms with Crippen LogP contribution in [0.25, 0.3) is 0 Å². The molecule has 1 fully saturated rings. The van der Waals surface area contributed by atoms with Crippen LogP contribution in [0.4, 0.5) is 0 Å². The third-order valence-electron chi connectivity index (χ3n) is 5.95. The maximum absolute atomic E-state index is 5.67. The fraction of sp³-hybridized carbons (Fsp3) is 0.458.